The molecule has 1 unspecified atom stereocenters. The van der Waals surface area contributed by atoms with Crippen molar-refractivity contribution in [1.29, 1.82) is 0 Å². The van der Waals surface area contributed by atoms with Crippen LogP contribution < -0.4 is 10.1 Å². The molecule has 1 fully saturated rings. The SMILES string of the molecule is CNC(=O)C(C(=O)CO)N(C)C(=O)c1ccc(-c2ccc(OCCCN3CCC(F)(F)CC3)cc2)cc1. The van der Waals surface area contributed by atoms with E-state index < -0.39 is 36.2 Å². The van der Waals surface area contributed by atoms with Crippen LogP contribution in [0, 0.1) is 0 Å². The number of hydrogen-bond donors (Lipinski definition) is 2. The highest BCUT2D eigenvalue weighted by molar-refractivity contribution is 6.10. The van der Waals surface area contributed by atoms with Crippen molar-refractivity contribution in [1.82, 2.24) is 15.1 Å². The number of benzene rings is 2. The predicted molar refractivity (Wildman–Crippen MR) is 135 cm³/mol. The van der Waals surface area contributed by atoms with Crippen molar-refractivity contribution in [3.63, 3.8) is 0 Å². The molecule has 8 nitrogen and oxygen atoms in total. The topological polar surface area (TPSA) is 99.2 Å². The first-order valence-electron chi connectivity index (χ1n) is 12.2. The number of Topliss-reactive ketones (excluding diaryl/α,β-unsaturated/α-hetero) is 1. The smallest absolute Gasteiger partial charge is 0.254 e. The standard InChI is InChI=1S/C27H33F2N3O5/c1-30-25(35)24(23(34)18-33)31(2)26(36)21-6-4-19(5-7-21)20-8-10-22(11-9-20)37-17-3-14-32-15-12-27(28,29)13-16-32/h4-11,24,33H,3,12-18H2,1-2H3,(H,30,35). The summed E-state index contributed by atoms with van der Waals surface area (Å²) in [5, 5.41) is 11.5. The number of likely N-dealkylation sites (N-methyl/N-ethyl adjacent to an activating group) is 2. The van der Waals surface area contributed by atoms with Gasteiger partial charge in [0.1, 0.15) is 12.4 Å². The second-order valence-corrected chi connectivity index (χ2v) is 9.06. The summed E-state index contributed by atoms with van der Waals surface area (Å²) in [6.07, 6.45) is 0.587. The lowest BCUT2D eigenvalue weighted by atomic mass is 10.0. The number of nitrogens with zero attached hydrogens (tertiary/aromatic N) is 2. The van der Waals surface area contributed by atoms with Crippen LogP contribution in [-0.4, -0.2) is 91.4 Å². The number of amides is 2. The van der Waals surface area contributed by atoms with Gasteiger partial charge in [-0.25, -0.2) is 8.78 Å². The zero-order valence-electron chi connectivity index (χ0n) is 21.1. The average Bonchev–Trinajstić information content (AvgIpc) is 2.91. The highest BCUT2D eigenvalue weighted by Gasteiger charge is 2.34. The zero-order chi connectivity index (χ0) is 27.0. The Morgan fingerprint density at radius 1 is 1.05 bits per heavy atom. The third kappa shape index (κ3) is 7.56. The van der Waals surface area contributed by atoms with Gasteiger partial charge in [-0.1, -0.05) is 24.3 Å². The van der Waals surface area contributed by atoms with Crippen LogP contribution in [0.4, 0.5) is 8.78 Å². The fraction of sp³-hybridized carbons (Fsp3) is 0.444. The van der Waals surface area contributed by atoms with Crippen LogP contribution in [0.1, 0.15) is 29.6 Å². The number of halogens is 2. The molecule has 3 rings (SSSR count). The minimum atomic E-state index is -2.53. The minimum Gasteiger partial charge on any atom is -0.494 e. The van der Waals surface area contributed by atoms with E-state index in [1.54, 1.807) is 24.3 Å². The molecule has 2 N–H and O–H groups in total. The van der Waals surface area contributed by atoms with Crippen molar-refractivity contribution in [2.75, 3.05) is 46.9 Å². The molecule has 2 aromatic rings. The minimum absolute atomic E-state index is 0.0823. The Labute approximate surface area is 215 Å². The summed E-state index contributed by atoms with van der Waals surface area (Å²) < 4.78 is 32.3. The van der Waals surface area contributed by atoms with Gasteiger partial charge in [-0.3, -0.25) is 14.4 Å². The molecule has 0 radical (unpaired) electrons. The third-order valence-corrected chi connectivity index (χ3v) is 6.46. The molecule has 37 heavy (non-hydrogen) atoms. The van der Waals surface area contributed by atoms with E-state index in [0.29, 0.717) is 31.0 Å². The van der Waals surface area contributed by atoms with Crippen LogP contribution >= 0.6 is 0 Å². The lowest BCUT2D eigenvalue weighted by Crippen LogP contribution is -2.52. The number of alkyl halides is 2. The quantitative estimate of drug-likeness (QED) is 0.351. The molecule has 200 valence electrons. The number of aliphatic hydroxyl groups is 1. The molecular formula is C27H33F2N3O5. The van der Waals surface area contributed by atoms with Gasteiger partial charge in [0.05, 0.1) is 6.61 Å². The summed E-state index contributed by atoms with van der Waals surface area (Å²) in [7, 11) is 2.69. The molecule has 1 atom stereocenters. The van der Waals surface area contributed by atoms with Gasteiger partial charge in [0.2, 0.25) is 5.91 Å². The third-order valence-electron chi connectivity index (χ3n) is 6.46. The second kappa shape index (κ2) is 12.7. The first-order valence-corrected chi connectivity index (χ1v) is 12.2. The molecule has 1 aliphatic rings. The lowest BCUT2D eigenvalue weighted by molar-refractivity contribution is -0.135. The largest absolute Gasteiger partial charge is 0.494 e. The average molecular weight is 518 g/mol. The summed E-state index contributed by atoms with van der Waals surface area (Å²) >= 11 is 0. The van der Waals surface area contributed by atoms with Gasteiger partial charge in [0.15, 0.2) is 11.8 Å². The van der Waals surface area contributed by atoms with E-state index in [1.165, 1.54) is 14.1 Å². The summed E-state index contributed by atoms with van der Waals surface area (Å²) in [5.41, 5.74) is 2.07. The molecule has 0 saturated carbocycles. The van der Waals surface area contributed by atoms with Crippen molar-refractivity contribution in [2.24, 2.45) is 0 Å². The van der Waals surface area contributed by atoms with E-state index in [-0.39, 0.29) is 12.8 Å². The van der Waals surface area contributed by atoms with Crippen LogP contribution in [-0.2, 0) is 9.59 Å². The molecule has 10 heteroatoms. The Morgan fingerprint density at radius 3 is 2.16 bits per heavy atom. The van der Waals surface area contributed by atoms with Crippen molar-refractivity contribution < 1.29 is 33.0 Å². The summed E-state index contributed by atoms with van der Waals surface area (Å²) in [6, 6.07) is 12.8. The lowest BCUT2D eigenvalue weighted by Gasteiger charge is -2.31. The number of aliphatic hydroxyl groups excluding tert-OH is 1. The number of nitrogens with one attached hydrogen (secondary N) is 1. The maximum atomic E-state index is 13.2. The van der Waals surface area contributed by atoms with E-state index in [0.717, 1.165) is 29.0 Å². The Hall–Kier alpha value is -3.37. The molecule has 1 heterocycles. The Balaban J connectivity index is 1.52. The molecule has 2 aromatic carbocycles. The molecule has 1 saturated heterocycles. The number of hydrogen-bond acceptors (Lipinski definition) is 6. The van der Waals surface area contributed by atoms with Gasteiger partial charge < -0.3 is 25.0 Å². The summed E-state index contributed by atoms with van der Waals surface area (Å²) in [6.45, 7) is 1.20. The van der Waals surface area contributed by atoms with Crippen molar-refractivity contribution in [3.05, 3.63) is 54.1 Å². The van der Waals surface area contributed by atoms with Gasteiger partial charge in [0, 0.05) is 52.1 Å². The highest BCUT2D eigenvalue weighted by Crippen LogP contribution is 2.28. The van der Waals surface area contributed by atoms with E-state index in [2.05, 4.69) is 5.32 Å². The number of carbonyl (C=O) groups is 3. The van der Waals surface area contributed by atoms with Crippen LogP contribution in [0.25, 0.3) is 11.1 Å². The molecule has 0 spiro atoms. The first-order chi connectivity index (χ1) is 17.6. The van der Waals surface area contributed by atoms with E-state index in [1.807, 2.05) is 29.2 Å². The van der Waals surface area contributed by atoms with Gasteiger partial charge in [-0.05, 0) is 41.8 Å². The number of likely N-dealkylation sites (tertiary alicyclic amines) is 1. The van der Waals surface area contributed by atoms with Crippen LogP contribution in [0.15, 0.2) is 48.5 Å². The maximum Gasteiger partial charge on any atom is 0.254 e. The van der Waals surface area contributed by atoms with Gasteiger partial charge in [-0.2, -0.15) is 0 Å². The maximum absolute atomic E-state index is 13.2. The molecule has 0 aliphatic carbocycles. The fourth-order valence-electron chi connectivity index (χ4n) is 4.21. The van der Waals surface area contributed by atoms with Crippen molar-refractivity contribution in [2.45, 2.75) is 31.2 Å². The molecular weight excluding hydrogens is 484 g/mol. The Bertz CT molecular complexity index is 1050. The molecule has 2 amide bonds. The van der Waals surface area contributed by atoms with Crippen LogP contribution in [0.2, 0.25) is 0 Å². The fourth-order valence-corrected chi connectivity index (χ4v) is 4.21. The van der Waals surface area contributed by atoms with Gasteiger partial charge in [0.25, 0.3) is 11.8 Å². The van der Waals surface area contributed by atoms with E-state index >= 15 is 0 Å². The van der Waals surface area contributed by atoms with Crippen molar-refractivity contribution >= 4 is 17.6 Å². The number of rotatable bonds is 11. The first kappa shape index (κ1) is 28.2. The number of ether oxygens (including phenoxy) is 1. The van der Waals surface area contributed by atoms with Gasteiger partial charge in [-0.15, -0.1) is 0 Å². The number of piperidine rings is 1. The highest BCUT2D eigenvalue weighted by atomic mass is 19.3. The number of carbonyl (C=O) groups excluding carboxylic acids is 3. The van der Waals surface area contributed by atoms with E-state index in [4.69, 9.17) is 9.84 Å². The Kier molecular flexibility index (Phi) is 9.71. The Morgan fingerprint density at radius 2 is 1.62 bits per heavy atom. The zero-order valence-corrected chi connectivity index (χ0v) is 21.1. The van der Waals surface area contributed by atoms with Gasteiger partial charge >= 0.3 is 0 Å². The molecule has 1 aliphatic heterocycles. The van der Waals surface area contributed by atoms with Crippen LogP contribution in [0.5, 0.6) is 5.75 Å². The predicted octanol–water partition coefficient (Wildman–Crippen LogP) is 2.60. The molecule has 0 bridgehead atoms. The van der Waals surface area contributed by atoms with Crippen molar-refractivity contribution in [3.8, 4) is 16.9 Å². The normalized spacial score (nSPS) is 16.0. The molecule has 0 aromatic heterocycles. The summed E-state index contributed by atoms with van der Waals surface area (Å²) in [4.78, 5) is 39.9. The second-order valence-electron chi connectivity index (χ2n) is 9.06. The number of ketones is 1. The summed E-state index contributed by atoms with van der Waals surface area (Å²) in [5.74, 6) is -3.80. The van der Waals surface area contributed by atoms with Crippen LogP contribution in [0.3, 0.4) is 0 Å². The van der Waals surface area contributed by atoms with E-state index in [9.17, 15) is 23.2 Å². The monoisotopic (exact) mass is 517 g/mol.